The number of piperidine rings is 1. The Hall–Kier alpha value is -1.20. The fourth-order valence-corrected chi connectivity index (χ4v) is 2.68. The van der Waals surface area contributed by atoms with Gasteiger partial charge in [-0.3, -0.25) is 9.59 Å². The molecule has 0 radical (unpaired) electrons. The molecule has 7 heteroatoms. The van der Waals surface area contributed by atoms with Crippen molar-refractivity contribution >= 4 is 35.1 Å². The number of carboxylic acids is 1. The van der Waals surface area contributed by atoms with Gasteiger partial charge in [-0.25, -0.2) is 0 Å². The maximum atomic E-state index is 12.3. The van der Waals surface area contributed by atoms with E-state index in [0.29, 0.717) is 30.1 Å². The maximum Gasteiger partial charge on any atom is 0.306 e. The zero-order chi connectivity index (χ0) is 14.2. The Kier molecular flexibility index (Phi) is 4.06. The molecule has 2 rings (SSSR count). The van der Waals surface area contributed by atoms with Gasteiger partial charge in [0.2, 0.25) is 0 Å². The van der Waals surface area contributed by atoms with Gasteiger partial charge in [0.25, 0.3) is 5.91 Å². The first-order chi connectivity index (χ1) is 8.90. The Bertz CT molecular complexity index is 496. The zero-order valence-corrected chi connectivity index (χ0v) is 11.8. The van der Waals surface area contributed by atoms with Gasteiger partial charge in [-0.05, 0) is 25.8 Å². The minimum Gasteiger partial charge on any atom is -0.481 e. The summed E-state index contributed by atoms with van der Waals surface area (Å²) < 4.78 is 0. The van der Waals surface area contributed by atoms with Gasteiger partial charge in [0.05, 0.1) is 10.9 Å². The summed E-state index contributed by atoms with van der Waals surface area (Å²) in [5, 5.41) is 9.53. The number of rotatable bonds is 2. The summed E-state index contributed by atoms with van der Waals surface area (Å²) in [6.07, 6.45) is 0.927. The van der Waals surface area contributed by atoms with Crippen LogP contribution in [0, 0.1) is 5.92 Å². The second kappa shape index (κ2) is 5.43. The molecule has 19 heavy (non-hydrogen) atoms. The van der Waals surface area contributed by atoms with Crippen LogP contribution in [0.25, 0.3) is 0 Å². The highest BCUT2D eigenvalue weighted by atomic mass is 35.5. The molecule has 0 aliphatic carbocycles. The van der Waals surface area contributed by atoms with Crippen LogP contribution in [0.1, 0.15) is 30.3 Å². The van der Waals surface area contributed by atoms with E-state index in [1.165, 1.54) is 6.07 Å². The predicted octanol–water partition coefficient (Wildman–Crippen LogP) is 2.65. The molecular formula is C12H14Cl2N2O3. The Balaban J connectivity index is 2.10. The number of likely N-dealkylation sites (tertiary alicyclic amines) is 1. The Labute approximate surface area is 120 Å². The van der Waals surface area contributed by atoms with E-state index >= 15 is 0 Å². The highest BCUT2D eigenvalue weighted by molar-refractivity contribution is 6.41. The third kappa shape index (κ3) is 2.87. The van der Waals surface area contributed by atoms with Crippen LogP contribution in [-0.2, 0) is 4.79 Å². The second-order valence-corrected chi connectivity index (χ2v) is 5.54. The van der Waals surface area contributed by atoms with Gasteiger partial charge in [-0.2, -0.15) is 0 Å². The Morgan fingerprint density at radius 2 is 2.16 bits per heavy atom. The number of H-pyrrole nitrogens is 1. The molecule has 104 valence electrons. The summed E-state index contributed by atoms with van der Waals surface area (Å²) in [6.45, 7) is 2.27. The van der Waals surface area contributed by atoms with E-state index in [2.05, 4.69) is 4.98 Å². The van der Waals surface area contributed by atoms with E-state index < -0.39 is 5.97 Å². The van der Waals surface area contributed by atoms with Gasteiger partial charge in [-0.1, -0.05) is 23.2 Å². The van der Waals surface area contributed by atoms with Crippen molar-refractivity contribution in [3.63, 3.8) is 0 Å². The van der Waals surface area contributed by atoms with Crippen molar-refractivity contribution in [1.82, 2.24) is 9.88 Å². The second-order valence-electron chi connectivity index (χ2n) is 4.75. The normalized spacial score (nSPS) is 23.4. The first-order valence-corrected chi connectivity index (χ1v) is 6.73. The first kappa shape index (κ1) is 14.2. The summed E-state index contributed by atoms with van der Waals surface area (Å²) in [5.41, 5.74) is 0.329. The molecular weight excluding hydrogens is 291 g/mol. The van der Waals surface area contributed by atoms with E-state index in [9.17, 15) is 9.59 Å². The number of nitrogens with one attached hydrogen (secondary N) is 1. The van der Waals surface area contributed by atoms with Gasteiger partial charge in [0.1, 0.15) is 10.8 Å². The number of nitrogens with zero attached hydrogens (tertiary/aromatic N) is 1. The molecule has 1 aromatic heterocycles. The number of carbonyl (C=O) groups excluding carboxylic acids is 1. The van der Waals surface area contributed by atoms with Crippen LogP contribution >= 0.6 is 23.2 Å². The van der Waals surface area contributed by atoms with Crippen molar-refractivity contribution in [2.75, 3.05) is 6.54 Å². The molecule has 2 N–H and O–H groups in total. The highest BCUT2D eigenvalue weighted by Gasteiger charge is 2.33. The largest absolute Gasteiger partial charge is 0.481 e. The van der Waals surface area contributed by atoms with Gasteiger partial charge in [0.15, 0.2) is 0 Å². The molecule has 2 heterocycles. The van der Waals surface area contributed by atoms with Gasteiger partial charge in [0, 0.05) is 12.6 Å². The summed E-state index contributed by atoms with van der Waals surface area (Å²) in [4.78, 5) is 27.6. The topological polar surface area (TPSA) is 73.4 Å². The van der Waals surface area contributed by atoms with Crippen LogP contribution in [0.4, 0.5) is 0 Å². The number of hydrogen-bond donors (Lipinski definition) is 2. The molecule has 1 aromatic rings. The SMILES string of the molecule is CC1CC(C(=O)O)CCN1C(=O)c1cc(Cl)c(Cl)[nH]1. The average molecular weight is 305 g/mol. The van der Waals surface area contributed by atoms with Crippen LogP contribution < -0.4 is 0 Å². The summed E-state index contributed by atoms with van der Waals surface area (Å²) in [7, 11) is 0. The number of amides is 1. The lowest BCUT2D eigenvalue weighted by Gasteiger charge is -2.36. The fourth-order valence-electron chi connectivity index (χ4n) is 2.37. The van der Waals surface area contributed by atoms with Crippen molar-refractivity contribution in [2.24, 2.45) is 5.92 Å². The Morgan fingerprint density at radius 3 is 2.63 bits per heavy atom. The van der Waals surface area contributed by atoms with Crippen LogP contribution in [0.15, 0.2) is 6.07 Å². The van der Waals surface area contributed by atoms with E-state index in [0.717, 1.165) is 0 Å². The minimum atomic E-state index is -0.801. The van der Waals surface area contributed by atoms with Crippen molar-refractivity contribution in [3.8, 4) is 0 Å². The average Bonchev–Trinajstić information content (AvgIpc) is 2.68. The molecule has 2 unspecified atom stereocenters. The lowest BCUT2D eigenvalue weighted by atomic mass is 9.91. The molecule has 1 saturated heterocycles. The summed E-state index contributed by atoms with van der Waals surface area (Å²) in [5.74, 6) is -1.38. The van der Waals surface area contributed by atoms with Gasteiger partial charge < -0.3 is 15.0 Å². The third-order valence-corrected chi connectivity index (χ3v) is 4.13. The Morgan fingerprint density at radius 1 is 1.47 bits per heavy atom. The minimum absolute atomic E-state index is 0.122. The number of aromatic nitrogens is 1. The van der Waals surface area contributed by atoms with Crippen LogP contribution in [-0.4, -0.2) is 39.5 Å². The molecule has 1 aliphatic heterocycles. The molecule has 1 aliphatic rings. The number of halogens is 2. The first-order valence-electron chi connectivity index (χ1n) is 5.98. The van der Waals surface area contributed by atoms with E-state index in [1.54, 1.807) is 4.90 Å². The lowest BCUT2D eigenvalue weighted by Crippen LogP contribution is -2.46. The quantitative estimate of drug-likeness (QED) is 0.882. The number of carboxylic acid groups (broad SMARTS) is 1. The van der Waals surface area contributed by atoms with Crippen molar-refractivity contribution in [2.45, 2.75) is 25.8 Å². The van der Waals surface area contributed by atoms with Gasteiger partial charge in [-0.15, -0.1) is 0 Å². The van der Waals surface area contributed by atoms with E-state index in [4.69, 9.17) is 28.3 Å². The highest BCUT2D eigenvalue weighted by Crippen LogP contribution is 2.27. The third-order valence-electron chi connectivity index (χ3n) is 3.44. The van der Waals surface area contributed by atoms with Crippen molar-refractivity contribution < 1.29 is 14.7 Å². The lowest BCUT2D eigenvalue weighted by molar-refractivity contribution is -0.143. The molecule has 0 bridgehead atoms. The van der Waals surface area contributed by atoms with E-state index in [-0.39, 0.29) is 23.0 Å². The van der Waals surface area contributed by atoms with Gasteiger partial charge >= 0.3 is 5.97 Å². The molecule has 5 nitrogen and oxygen atoms in total. The standard InChI is InChI=1S/C12H14Cl2N2O3/c1-6-4-7(12(18)19)2-3-16(6)11(17)9-5-8(13)10(14)15-9/h5-7,15H,2-4H2,1H3,(H,18,19). The number of aromatic amines is 1. The molecule has 1 amide bonds. The fraction of sp³-hybridized carbons (Fsp3) is 0.500. The predicted molar refractivity (Wildman–Crippen MR) is 71.7 cm³/mol. The smallest absolute Gasteiger partial charge is 0.306 e. The summed E-state index contributed by atoms with van der Waals surface area (Å²) in [6, 6.07) is 1.37. The van der Waals surface area contributed by atoms with E-state index in [1.807, 2.05) is 6.92 Å². The number of carbonyl (C=O) groups is 2. The van der Waals surface area contributed by atoms with Crippen LogP contribution in [0.5, 0.6) is 0 Å². The van der Waals surface area contributed by atoms with Crippen molar-refractivity contribution in [1.29, 1.82) is 0 Å². The molecule has 0 saturated carbocycles. The molecule has 2 atom stereocenters. The van der Waals surface area contributed by atoms with Crippen molar-refractivity contribution in [3.05, 3.63) is 21.9 Å². The maximum absolute atomic E-state index is 12.3. The molecule has 1 fully saturated rings. The zero-order valence-electron chi connectivity index (χ0n) is 10.3. The van der Waals surface area contributed by atoms with Crippen LogP contribution in [0.2, 0.25) is 10.2 Å². The number of aliphatic carboxylic acids is 1. The molecule has 0 aromatic carbocycles. The molecule has 0 spiro atoms. The summed E-state index contributed by atoms with van der Waals surface area (Å²) >= 11 is 11.6. The number of hydrogen-bond acceptors (Lipinski definition) is 2. The van der Waals surface area contributed by atoms with Crippen LogP contribution in [0.3, 0.4) is 0 Å². The monoisotopic (exact) mass is 304 g/mol.